The first-order valence-corrected chi connectivity index (χ1v) is 11.5. The topological polar surface area (TPSA) is 79.0 Å². The van der Waals surface area contributed by atoms with Gasteiger partial charge < -0.3 is 5.32 Å². The summed E-state index contributed by atoms with van der Waals surface area (Å²) >= 11 is 0. The number of likely N-dealkylation sites (N-methyl/N-ethyl adjacent to an activating group) is 1. The van der Waals surface area contributed by atoms with Crippen LogP contribution in [0.15, 0.2) is 59.5 Å². The molecule has 0 heterocycles. The highest BCUT2D eigenvalue weighted by molar-refractivity contribution is 7.89. The van der Waals surface area contributed by atoms with Crippen molar-refractivity contribution in [2.75, 3.05) is 33.8 Å². The Bertz CT molecular complexity index is 915. The third-order valence-corrected chi connectivity index (χ3v) is 6.81. The fourth-order valence-corrected chi connectivity index (χ4v) is 4.33. The number of amides is 1. The Labute approximate surface area is 179 Å². The van der Waals surface area contributed by atoms with Gasteiger partial charge in [-0.15, -0.1) is 0 Å². The smallest absolute Gasteiger partial charge is 0.264 e. The Morgan fingerprint density at radius 1 is 1.07 bits per heavy atom. The van der Waals surface area contributed by atoms with Gasteiger partial charge in [0.25, 0.3) is 15.9 Å². The Balaban J connectivity index is 2.14. The molecule has 0 saturated carbocycles. The second-order valence-corrected chi connectivity index (χ2v) is 8.84. The standard InChI is InChI=1S/C22H31N3O4S/c1-5-25(6-2)20(15-18-11-8-7-9-12-18)17-23-22(26)19-13-10-14-21(16-19)30(27,28)24(3)29-4/h7-14,16,20H,5-6,15,17H2,1-4H3,(H,23,26). The minimum Gasteiger partial charge on any atom is -0.350 e. The molecule has 0 saturated heterocycles. The molecule has 1 unspecified atom stereocenters. The SMILES string of the molecule is CCN(CC)C(CNC(=O)c1cccc(S(=O)(=O)N(C)OC)c1)Cc1ccccc1. The van der Waals surface area contributed by atoms with Gasteiger partial charge in [-0.3, -0.25) is 14.5 Å². The molecule has 1 amide bonds. The minimum absolute atomic E-state index is 0.00378. The number of rotatable bonds is 11. The zero-order valence-electron chi connectivity index (χ0n) is 18.0. The van der Waals surface area contributed by atoms with Gasteiger partial charge in [-0.25, -0.2) is 8.42 Å². The predicted molar refractivity (Wildman–Crippen MR) is 118 cm³/mol. The normalized spacial score (nSPS) is 12.9. The first-order chi connectivity index (χ1) is 14.3. The van der Waals surface area contributed by atoms with Crippen molar-refractivity contribution < 1.29 is 18.0 Å². The lowest BCUT2D eigenvalue weighted by atomic mass is 10.0. The third-order valence-electron chi connectivity index (χ3n) is 5.13. The van der Waals surface area contributed by atoms with Crippen molar-refractivity contribution in [3.05, 3.63) is 65.7 Å². The van der Waals surface area contributed by atoms with Gasteiger partial charge in [0.05, 0.1) is 12.0 Å². The number of sulfonamides is 1. The molecule has 1 N–H and O–H groups in total. The molecule has 0 aliphatic rings. The second kappa shape index (κ2) is 11.2. The quantitative estimate of drug-likeness (QED) is 0.551. The lowest BCUT2D eigenvalue weighted by Gasteiger charge is -2.30. The number of carbonyl (C=O) groups is 1. The van der Waals surface area contributed by atoms with Crippen molar-refractivity contribution in [1.82, 2.24) is 14.7 Å². The molecule has 0 aliphatic carbocycles. The molecule has 8 heteroatoms. The molecule has 7 nitrogen and oxygen atoms in total. The Kier molecular flexibility index (Phi) is 8.98. The molecule has 2 rings (SSSR count). The fourth-order valence-electron chi connectivity index (χ4n) is 3.31. The van der Waals surface area contributed by atoms with Crippen LogP contribution in [0.3, 0.4) is 0 Å². The largest absolute Gasteiger partial charge is 0.350 e. The van der Waals surface area contributed by atoms with Crippen LogP contribution in [0.1, 0.15) is 29.8 Å². The van der Waals surface area contributed by atoms with Crippen LogP contribution in [0, 0.1) is 0 Å². The monoisotopic (exact) mass is 433 g/mol. The van der Waals surface area contributed by atoms with E-state index in [1.165, 1.54) is 31.9 Å². The first-order valence-electron chi connectivity index (χ1n) is 10.0. The zero-order valence-corrected chi connectivity index (χ0v) is 18.9. The molecular formula is C22H31N3O4S. The van der Waals surface area contributed by atoms with E-state index in [1.54, 1.807) is 12.1 Å². The summed E-state index contributed by atoms with van der Waals surface area (Å²) in [7, 11) is -1.24. The van der Waals surface area contributed by atoms with Gasteiger partial charge in [-0.2, -0.15) is 0 Å². The van der Waals surface area contributed by atoms with E-state index in [2.05, 4.69) is 36.2 Å². The van der Waals surface area contributed by atoms with E-state index in [-0.39, 0.29) is 16.8 Å². The highest BCUT2D eigenvalue weighted by atomic mass is 32.2. The Hall–Kier alpha value is -2.26. The molecule has 0 aliphatic heterocycles. The van der Waals surface area contributed by atoms with E-state index in [0.29, 0.717) is 12.1 Å². The number of hydrogen-bond donors (Lipinski definition) is 1. The van der Waals surface area contributed by atoms with Crippen molar-refractivity contribution in [2.45, 2.75) is 31.2 Å². The summed E-state index contributed by atoms with van der Waals surface area (Å²) < 4.78 is 25.6. The zero-order chi connectivity index (χ0) is 22.1. The maximum Gasteiger partial charge on any atom is 0.264 e. The van der Waals surface area contributed by atoms with Gasteiger partial charge in [-0.05, 0) is 43.3 Å². The second-order valence-electron chi connectivity index (χ2n) is 6.90. The van der Waals surface area contributed by atoms with Gasteiger partial charge in [0, 0.05) is 25.2 Å². The molecule has 2 aromatic rings. The summed E-state index contributed by atoms with van der Waals surface area (Å²) in [5.41, 5.74) is 1.50. The van der Waals surface area contributed by atoms with E-state index >= 15 is 0 Å². The van der Waals surface area contributed by atoms with E-state index in [1.807, 2.05) is 18.2 Å². The maximum absolute atomic E-state index is 12.8. The summed E-state index contributed by atoms with van der Waals surface area (Å²) in [4.78, 5) is 19.9. The molecule has 0 radical (unpaired) electrons. The molecule has 2 aromatic carbocycles. The number of hydrogen-bond acceptors (Lipinski definition) is 5. The van der Waals surface area contributed by atoms with Crippen LogP contribution in [0.2, 0.25) is 0 Å². The summed E-state index contributed by atoms with van der Waals surface area (Å²) in [6.07, 6.45) is 0.815. The van der Waals surface area contributed by atoms with Crippen LogP contribution in [0.4, 0.5) is 0 Å². The molecule has 164 valence electrons. The van der Waals surface area contributed by atoms with Crippen molar-refractivity contribution >= 4 is 15.9 Å². The van der Waals surface area contributed by atoms with E-state index in [4.69, 9.17) is 4.84 Å². The first kappa shape index (κ1) is 24.0. The summed E-state index contributed by atoms with van der Waals surface area (Å²) in [6.45, 7) is 6.42. The Morgan fingerprint density at radius 3 is 2.33 bits per heavy atom. The number of nitrogens with one attached hydrogen (secondary N) is 1. The Morgan fingerprint density at radius 2 is 1.73 bits per heavy atom. The highest BCUT2D eigenvalue weighted by Gasteiger charge is 2.22. The van der Waals surface area contributed by atoms with Crippen LogP contribution in [0.25, 0.3) is 0 Å². The lowest BCUT2D eigenvalue weighted by Crippen LogP contribution is -2.45. The number of benzene rings is 2. The minimum atomic E-state index is -3.82. The van der Waals surface area contributed by atoms with Crippen LogP contribution in [0.5, 0.6) is 0 Å². The number of carbonyl (C=O) groups excluding carboxylic acids is 1. The number of hydroxylamine groups is 1. The van der Waals surface area contributed by atoms with Crippen molar-refractivity contribution in [2.24, 2.45) is 0 Å². The average Bonchev–Trinajstić information content (AvgIpc) is 2.78. The van der Waals surface area contributed by atoms with Gasteiger partial charge in [0.2, 0.25) is 0 Å². The summed E-state index contributed by atoms with van der Waals surface area (Å²) in [5.74, 6) is -0.308. The summed E-state index contributed by atoms with van der Waals surface area (Å²) in [5, 5.41) is 2.97. The fraction of sp³-hybridized carbons (Fsp3) is 0.409. The van der Waals surface area contributed by atoms with Gasteiger partial charge in [0.15, 0.2) is 0 Å². The van der Waals surface area contributed by atoms with E-state index in [0.717, 1.165) is 24.0 Å². The van der Waals surface area contributed by atoms with Crippen LogP contribution >= 0.6 is 0 Å². The van der Waals surface area contributed by atoms with Crippen molar-refractivity contribution in [3.63, 3.8) is 0 Å². The summed E-state index contributed by atoms with van der Waals surface area (Å²) in [6, 6.07) is 16.3. The molecule has 0 fully saturated rings. The maximum atomic E-state index is 12.8. The molecule has 1 atom stereocenters. The van der Waals surface area contributed by atoms with Crippen LogP contribution < -0.4 is 5.32 Å². The van der Waals surface area contributed by atoms with Crippen molar-refractivity contribution in [3.8, 4) is 0 Å². The van der Waals surface area contributed by atoms with Gasteiger partial charge in [0.1, 0.15) is 0 Å². The molecule has 0 aromatic heterocycles. The third kappa shape index (κ3) is 6.12. The molecular weight excluding hydrogens is 402 g/mol. The van der Waals surface area contributed by atoms with Crippen LogP contribution in [-0.4, -0.2) is 63.5 Å². The van der Waals surface area contributed by atoms with E-state index in [9.17, 15) is 13.2 Å². The lowest BCUT2D eigenvalue weighted by molar-refractivity contribution is -0.0258. The van der Waals surface area contributed by atoms with E-state index < -0.39 is 10.0 Å². The number of nitrogens with zero attached hydrogens (tertiary/aromatic N) is 2. The molecule has 0 bridgehead atoms. The molecule has 30 heavy (non-hydrogen) atoms. The highest BCUT2D eigenvalue weighted by Crippen LogP contribution is 2.16. The van der Waals surface area contributed by atoms with Crippen LogP contribution in [-0.2, 0) is 21.3 Å². The average molecular weight is 434 g/mol. The van der Waals surface area contributed by atoms with Crippen molar-refractivity contribution in [1.29, 1.82) is 0 Å². The predicted octanol–water partition coefficient (Wildman–Crippen LogP) is 2.55. The van der Waals surface area contributed by atoms with Gasteiger partial charge in [-0.1, -0.05) is 54.7 Å². The van der Waals surface area contributed by atoms with Gasteiger partial charge >= 0.3 is 0 Å². The molecule has 0 spiro atoms.